The minimum absolute atomic E-state index is 0.296. The van der Waals surface area contributed by atoms with Crippen LogP contribution >= 0.6 is 0 Å². The average Bonchev–Trinajstić information content (AvgIpc) is 2.28. The SMILES string of the molecule is NCc1cncc(C2CCCCS2(=O)=O)c1. The topological polar surface area (TPSA) is 73.0 Å². The fraction of sp³-hybridized carbons (Fsp3) is 0.545. The Labute approximate surface area is 95.8 Å². The molecule has 1 aliphatic rings. The molecule has 0 aromatic carbocycles. The van der Waals surface area contributed by atoms with Crippen molar-refractivity contribution < 1.29 is 8.42 Å². The quantitative estimate of drug-likeness (QED) is 0.842. The molecule has 88 valence electrons. The molecule has 2 rings (SSSR count). The summed E-state index contributed by atoms with van der Waals surface area (Å²) in [5.41, 5.74) is 7.21. The molecule has 0 radical (unpaired) electrons. The summed E-state index contributed by atoms with van der Waals surface area (Å²) in [5, 5.41) is -0.375. The number of nitrogens with zero attached hydrogens (tertiary/aromatic N) is 1. The van der Waals surface area contributed by atoms with Gasteiger partial charge in [-0.1, -0.05) is 12.5 Å². The van der Waals surface area contributed by atoms with Crippen LogP contribution in [0, 0.1) is 0 Å². The molecule has 16 heavy (non-hydrogen) atoms. The second-order valence-corrected chi connectivity index (χ2v) is 6.49. The van der Waals surface area contributed by atoms with E-state index in [1.807, 2.05) is 6.07 Å². The molecule has 1 aromatic rings. The molecule has 0 amide bonds. The van der Waals surface area contributed by atoms with E-state index in [0.29, 0.717) is 18.7 Å². The molecule has 0 saturated carbocycles. The lowest BCUT2D eigenvalue weighted by molar-refractivity contribution is 0.545. The van der Waals surface area contributed by atoms with Crippen molar-refractivity contribution in [3.8, 4) is 0 Å². The maximum Gasteiger partial charge on any atom is 0.157 e. The summed E-state index contributed by atoms with van der Waals surface area (Å²) in [5.74, 6) is 0.296. The van der Waals surface area contributed by atoms with Crippen molar-refractivity contribution in [1.29, 1.82) is 0 Å². The first-order valence-electron chi connectivity index (χ1n) is 5.49. The van der Waals surface area contributed by atoms with Gasteiger partial charge < -0.3 is 5.73 Å². The zero-order chi connectivity index (χ0) is 11.6. The van der Waals surface area contributed by atoms with Gasteiger partial charge in [0.15, 0.2) is 9.84 Å². The molecule has 1 fully saturated rings. The van der Waals surface area contributed by atoms with E-state index in [1.165, 1.54) is 0 Å². The number of hydrogen-bond donors (Lipinski definition) is 1. The monoisotopic (exact) mass is 240 g/mol. The minimum Gasteiger partial charge on any atom is -0.326 e. The molecule has 1 aliphatic heterocycles. The summed E-state index contributed by atoms with van der Waals surface area (Å²) >= 11 is 0. The van der Waals surface area contributed by atoms with Crippen molar-refractivity contribution in [3.05, 3.63) is 29.6 Å². The van der Waals surface area contributed by atoms with Gasteiger partial charge in [-0.2, -0.15) is 0 Å². The van der Waals surface area contributed by atoms with Crippen LogP contribution in [0.25, 0.3) is 0 Å². The Morgan fingerprint density at radius 2 is 2.19 bits per heavy atom. The number of nitrogens with two attached hydrogens (primary N) is 1. The van der Waals surface area contributed by atoms with Crippen LogP contribution in [0.2, 0.25) is 0 Å². The Morgan fingerprint density at radius 3 is 2.88 bits per heavy atom. The van der Waals surface area contributed by atoms with Gasteiger partial charge in [-0.25, -0.2) is 8.42 Å². The number of rotatable bonds is 2. The minimum atomic E-state index is -2.98. The standard InChI is InChI=1S/C11H16N2O2S/c12-6-9-5-10(8-13-7-9)11-3-1-2-4-16(11,14)15/h5,7-8,11H,1-4,6,12H2. The molecule has 1 saturated heterocycles. The molecular formula is C11H16N2O2S. The summed E-state index contributed by atoms with van der Waals surface area (Å²) in [7, 11) is -2.98. The van der Waals surface area contributed by atoms with E-state index < -0.39 is 9.84 Å². The molecule has 1 aromatic heterocycles. The van der Waals surface area contributed by atoms with Crippen LogP contribution < -0.4 is 5.73 Å². The van der Waals surface area contributed by atoms with Crippen molar-refractivity contribution in [1.82, 2.24) is 4.98 Å². The van der Waals surface area contributed by atoms with Gasteiger partial charge in [-0.05, 0) is 24.0 Å². The average molecular weight is 240 g/mol. The summed E-state index contributed by atoms with van der Waals surface area (Å²) < 4.78 is 23.8. The van der Waals surface area contributed by atoms with E-state index in [1.54, 1.807) is 12.4 Å². The predicted octanol–water partition coefficient (Wildman–Crippen LogP) is 1.18. The van der Waals surface area contributed by atoms with E-state index in [9.17, 15) is 8.42 Å². The lowest BCUT2D eigenvalue weighted by atomic mass is 10.1. The van der Waals surface area contributed by atoms with Crippen LogP contribution in [0.4, 0.5) is 0 Å². The van der Waals surface area contributed by atoms with E-state index in [0.717, 1.165) is 24.0 Å². The largest absolute Gasteiger partial charge is 0.326 e. The second kappa shape index (κ2) is 4.51. The zero-order valence-electron chi connectivity index (χ0n) is 9.09. The molecule has 5 heteroatoms. The van der Waals surface area contributed by atoms with Crippen molar-refractivity contribution in [2.45, 2.75) is 31.1 Å². The molecule has 0 bridgehead atoms. The molecule has 4 nitrogen and oxygen atoms in total. The molecule has 0 aliphatic carbocycles. The second-order valence-electron chi connectivity index (χ2n) is 4.18. The van der Waals surface area contributed by atoms with Crippen LogP contribution in [0.3, 0.4) is 0 Å². The number of aromatic nitrogens is 1. The van der Waals surface area contributed by atoms with Crippen LogP contribution in [0.1, 0.15) is 35.6 Å². The first-order chi connectivity index (χ1) is 7.63. The van der Waals surface area contributed by atoms with Crippen molar-refractivity contribution in [2.75, 3.05) is 5.75 Å². The fourth-order valence-corrected chi connectivity index (χ4v) is 4.08. The van der Waals surface area contributed by atoms with Gasteiger partial charge in [0.25, 0.3) is 0 Å². The molecule has 0 spiro atoms. The third-order valence-corrected chi connectivity index (χ3v) is 5.23. The van der Waals surface area contributed by atoms with Crippen molar-refractivity contribution in [3.63, 3.8) is 0 Å². The Hall–Kier alpha value is -0.940. The highest BCUT2D eigenvalue weighted by Gasteiger charge is 2.30. The summed E-state index contributed by atoms with van der Waals surface area (Å²) in [6, 6.07) is 1.86. The van der Waals surface area contributed by atoms with E-state index in [2.05, 4.69) is 4.98 Å². The lowest BCUT2D eigenvalue weighted by Gasteiger charge is -2.22. The van der Waals surface area contributed by atoms with E-state index in [-0.39, 0.29) is 5.25 Å². The maximum absolute atomic E-state index is 11.9. The molecule has 2 N–H and O–H groups in total. The molecule has 1 atom stereocenters. The van der Waals surface area contributed by atoms with Crippen LogP contribution in [-0.2, 0) is 16.4 Å². The molecule has 1 unspecified atom stereocenters. The smallest absolute Gasteiger partial charge is 0.157 e. The first kappa shape index (κ1) is 11.5. The Morgan fingerprint density at radius 1 is 1.38 bits per heavy atom. The van der Waals surface area contributed by atoms with Gasteiger partial charge in [0.2, 0.25) is 0 Å². The Kier molecular flexibility index (Phi) is 3.25. The van der Waals surface area contributed by atoms with E-state index >= 15 is 0 Å². The van der Waals surface area contributed by atoms with Gasteiger partial charge in [-0.3, -0.25) is 4.98 Å². The lowest BCUT2D eigenvalue weighted by Crippen LogP contribution is -2.22. The van der Waals surface area contributed by atoms with Gasteiger partial charge in [-0.15, -0.1) is 0 Å². The number of sulfone groups is 1. The zero-order valence-corrected chi connectivity index (χ0v) is 9.91. The number of hydrogen-bond acceptors (Lipinski definition) is 4. The van der Waals surface area contributed by atoms with Gasteiger partial charge >= 0.3 is 0 Å². The molecular weight excluding hydrogens is 224 g/mol. The van der Waals surface area contributed by atoms with Gasteiger partial charge in [0.1, 0.15) is 0 Å². The molecule has 2 heterocycles. The number of pyridine rings is 1. The van der Waals surface area contributed by atoms with Crippen molar-refractivity contribution >= 4 is 9.84 Å². The Balaban J connectivity index is 2.35. The highest BCUT2D eigenvalue weighted by molar-refractivity contribution is 7.91. The summed E-state index contributed by atoms with van der Waals surface area (Å²) in [6.45, 7) is 0.396. The Bertz CT molecular complexity index is 471. The van der Waals surface area contributed by atoms with E-state index in [4.69, 9.17) is 5.73 Å². The predicted molar refractivity (Wildman–Crippen MR) is 62.5 cm³/mol. The van der Waals surface area contributed by atoms with Crippen molar-refractivity contribution in [2.24, 2.45) is 5.73 Å². The van der Waals surface area contributed by atoms with Gasteiger partial charge in [0.05, 0.1) is 11.0 Å². The van der Waals surface area contributed by atoms with Crippen LogP contribution in [-0.4, -0.2) is 19.2 Å². The third-order valence-electron chi connectivity index (χ3n) is 3.00. The normalized spacial score (nSPS) is 24.2. The third kappa shape index (κ3) is 2.25. The highest BCUT2D eigenvalue weighted by Crippen LogP contribution is 2.33. The summed E-state index contributed by atoms with van der Waals surface area (Å²) in [6.07, 6.45) is 5.78. The highest BCUT2D eigenvalue weighted by atomic mass is 32.2. The van der Waals surface area contributed by atoms with Gasteiger partial charge in [0, 0.05) is 18.9 Å². The fourth-order valence-electron chi connectivity index (χ4n) is 2.12. The maximum atomic E-state index is 11.9. The van der Waals surface area contributed by atoms with Crippen LogP contribution in [0.5, 0.6) is 0 Å². The van der Waals surface area contributed by atoms with Crippen LogP contribution in [0.15, 0.2) is 18.5 Å². The first-order valence-corrected chi connectivity index (χ1v) is 7.20. The summed E-state index contributed by atoms with van der Waals surface area (Å²) in [4.78, 5) is 4.05.